The minimum atomic E-state index is 0.641. The summed E-state index contributed by atoms with van der Waals surface area (Å²) in [4.78, 5) is 0. The SMILES string of the molecule is IC[C@H](c1cccc(OCc2ccccc2)c1)C1CC1. The molecule has 0 saturated heterocycles. The van der Waals surface area contributed by atoms with Crippen LogP contribution in [-0.2, 0) is 6.61 Å². The molecule has 3 rings (SSSR count). The van der Waals surface area contributed by atoms with Crippen molar-refractivity contribution in [2.24, 2.45) is 5.92 Å². The molecule has 104 valence electrons. The van der Waals surface area contributed by atoms with Crippen LogP contribution in [-0.4, -0.2) is 4.43 Å². The van der Waals surface area contributed by atoms with Crippen LogP contribution in [0.5, 0.6) is 5.75 Å². The number of ether oxygens (including phenoxy) is 1. The summed E-state index contributed by atoms with van der Waals surface area (Å²) >= 11 is 2.51. The predicted octanol–water partition coefficient (Wildman–Crippen LogP) is 5.19. The summed E-state index contributed by atoms with van der Waals surface area (Å²) in [6.45, 7) is 0.641. The molecule has 1 saturated carbocycles. The summed E-state index contributed by atoms with van der Waals surface area (Å²) in [7, 11) is 0. The number of halogens is 1. The maximum Gasteiger partial charge on any atom is 0.120 e. The van der Waals surface area contributed by atoms with Crippen LogP contribution in [0.15, 0.2) is 54.6 Å². The Labute approximate surface area is 134 Å². The first kappa shape index (κ1) is 13.9. The first-order valence-electron chi connectivity index (χ1n) is 7.19. The van der Waals surface area contributed by atoms with Crippen molar-refractivity contribution in [3.05, 3.63) is 65.7 Å². The third-order valence-corrected chi connectivity index (χ3v) is 4.84. The molecule has 0 radical (unpaired) electrons. The van der Waals surface area contributed by atoms with E-state index in [4.69, 9.17) is 4.74 Å². The van der Waals surface area contributed by atoms with E-state index in [1.165, 1.54) is 28.4 Å². The zero-order valence-electron chi connectivity index (χ0n) is 11.5. The maximum atomic E-state index is 5.93. The van der Waals surface area contributed by atoms with Gasteiger partial charge < -0.3 is 4.74 Å². The molecular formula is C18H19IO. The van der Waals surface area contributed by atoms with Gasteiger partial charge in [-0.25, -0.2) is 0 Å². The molecule has 2 aromatic carbocycles. The van der Waals surface area contributed by atoms with Crippen LogP contribution in [0, 0.1) is 5.92 Å². The van der Waals surface area contributed by atoms with Gasteiger partial charge in [0.1, 0.15) is 12.4 Å². The van der Waals surface area contributed by atoms with E-state index in [-0.39, 0.29) is 0 Å². The second-order valence-electron chi connectivity index (χ2n) is 5.44. The molecule has 0 amide bonds. The molecule has 1 nitrogen and oxygen atoms in total. The summed E-state index contributed by atoms with van der Waals surface area (Å²) in [5.41, 5.74) is 2.65. The fourth-order valence-electron chi connectivity index (χ4n) is 2.56. The van der Waals surface area contributed by atoms with E-state index < -0.39 is 0 Å². The number of hydrogen-bond donors (Lipinski definition) is 0. The first-order chi connectivity index (χ1) is 9.86. The van der Waals surface area contributed by atoms with Crippen LogP contribution < -0.4 is 4.74 Å². The van der Waals surface area contributed by atoms with Gasteiger partial charge in [-0.15, -0.1) is 0 Å². The molecule has 0 aromatic heterocycles. The molecule has 2 heteroatoms. The molecule has 1 aliphatic carbocycles. The normalized spacial score (nSPS) is 15.8. The highest BCUT2D eigenvalue weighted by molar-refractivity contribution is 14.1. The Bertz CT molecular complexity index is 548. The highest BCUT2D eigenvalue weighted by Crippen LogP contribution is 2.44. The highest BCUT2D eigenvalue weighted by Gasteiger charge is 2.31. The molecule has 0 heterocycles. The third kappa shape index (κ3) is 3.54. The standard InChI is InChI=1S/C18H19IO/c19-12-18(15-9-10-15)16-7-4-8-17(11-16)20-13-14-5-2-1-3-6-14/h1-8,11,15,18H,9-10,12-13H2/t18-/m0/s1. The minimum absolute atomic E-state index is 0.641. The fraction of sp³-hybridized carbons (Fsp3) is 0.333. The Morgan fingerprint density at radius 3 is 2.55 bits per heavy atom. The molecule has 20 heavy (non-hydrogen) atoms. The lowest BCUT2D eigenvalue weighted by Gasteiger charge is -2.15. The Balaban J connectivity index is 1.68. The largest absolute Gasteiger partial charge is 0.489 e. The number of alkyl halides is 1. The summed E-state index contributed by atoms with van der Waals surface area (Å²) in [5.74, 6) is 2.59. The lowest BCUT2D eigenvalue weighted by molar-refractivity contribution is 0.305. The van der Waals surface area contributed by atoms with Crippen LogP contribution >= 0.6 is 22.6 Å². The molecule has 0 aliphatic heterocycles. The van der Waals surface area contributed by atoms with Crippen LogP contribution in [0.1, 0.15) is 29.9 Å². The Morgan fingerprint density at radius 2 is 1.85 bits per heavy atom. The summed E-state index contributed by atoms with van der Waals surface area (Å²) in [6.07, 6.45) is 2.78. The second-order valence-corrected chi connectivity index (χ2v) is 6.33. The Hall–Kier alpha value is -1.03. The van der Waals surface area contributed by atoms with Gasteiger partial charge >= 0.3 is 0 Å². The monoisotopic (exact) mass is 378 g/mol. The van der Waals surface area contributed by atoms with Crippen molar-refractivity contribution in [3.63, 3.8) is 0 Å². The van der Waals surface area contributed by atoms with Crippen LogP contribution in [0.4, 0.5) is 0 Å². The lowest BCUT2D eigenvalue weighted by Crippen LogP contribution is -2.03. The summed E-state index contributed by atoms with van der Waals surface area (Å²) in [5, 5.41) is 0. The molecule has 1 atom stereocenters. The highest BCUT2D eigenvalue weighted by atomic mass is 127. The van der Waals surface area contributed by atoms with Gasteiger partial charge in [-0.2, -0.15) is 0 Å². The zero-order valence-corrected chi connectivity index (χ0v) is 13.6. The van der Waals surface area contributed by atoms with Crippen molar-refractivity contribution in [1.82, 2.24) is 0 Å². The summed E-state index contributed by atoms with van der Waals surface area (Å²) < 4.78 is 7.12. The molecule has 0 N–H and O–H groups in total. The third-order valence-electron chi connectivity index (χ3n) is 3.89. The number of rotatable bonds is 6. The lowest BCUT2D eigenvalue weighted by atomic mass is 9.96. The molecule has 0 spiro atoms. The first-order valence-corrected chi connectivity index (χ1v) is 8.72. The van der Waals surface area contributed by atoms with Gasteiger partial charge in [-0.05, 0) is 47.9 Å². The van der Waals surface area contributed by atoms with Gasteiger partial charge in [-0.1, -0.05) is 65.1 Å². The van der Waals surface area contributed by atoms with Crippen LogP contribution in [0.2, 0.25) is 0 Å². The van der Waals surface area contributed by atoms with Gasteiger partial charge in [0.2, 0.25) is 0 Å². The van der Waals surface area contributed by atoms with E-state index >= 15 is 0 Å². The van der Waals surface area contributed by atoms with Crippen molar-refractivity contribution in [2.75, 3.05) is 4.43 Å². The molecule has 0 bridgehead atoms. The van der Waals surface area contributed by atoms with Crippen molar-refractivity contribution in [2.45, 2.75) is 25.4 Å². The van der Waals surface area contributed by atoms with Crippen molar-refractivity contribution >= 4 is 22.6 Å². The minimum Gasteiger partial charge on any atom is -0.489 e. The number of hydrogen-bond acceptors (Lipinski definition) is 1. The smallest absolute Gasteiger partial charge is 0.120 e. The Morgan fingerprint density at radius 1 is 1.05 bits per heavy atom. The van der Waals surface area contributed by atoms with Crippen LogP contribution in [0.25, 0.3) is 0 Å². The van der Waals surface area contributed by atoms with E-state index in [0.717, 1.165) is 11.7 Å². The van der Waals surface area contributed by atoms with Crippen molar-refractivity contribution in [3.8, 4) is 5.75 Å². The molecule has 1 fully saturated rings. The van der Waals surface area contributed by atoms with E-state index in [2.05, 4.69) is 59.0 Å². The van der Waals surface area contributed by atoms with Gasteiger partial charge in [-0.3, -0.25) is 0 Å². The van der Waals surface area contributed by atoms with Gasteiger partial charge in [0.15, 0.2) is 0 Å². The second kappa shape index (κ2) is 6.61. The average molecular weight is 378 g/mol. The molecule has 0 unspecified atom stereocenters. The van der Waals surface area contributed by atoms with E-state index in [1.54, 1.807) is 0 Å². The maximum absolute atomic E-state index is 5.93. The summed E-state index contributed by atoms with van der Waals surface area (Å²) in [6, 6.07) is 19.0. The van der Waals surface area contributed by atoms with Gasteiger partial charge in [0.25, 0.3) is 0 Å². The Kier molecular flexibility index (Phi) is 4.61. The molecule has 1 aliphatic rings. The average Bonchev–Trinajstić information content (AvgIpc) is 3.32. The van der Waals surface area contributed by atoms with E-state index in [0.29, 0.717) is 12.5 Å². The van der Waals surface area contributed by atoms with E-state index in [9.17, 15) is 0 Å². The van der Waals surface area contributed by atoms with Crippen molar-refractivity contribution in [1.29, 1.82) is 0 Å². The zero-order chi connectivity index (χ0) is 13.8. The fourth-order valence-corrected chi connectivity index (χ4v) is 3.79. The molecule has 2 aromatic rings. The predicted molar refractivity (Wildman–Crippen MR) is 91.6 cm³/mol. The molecular weight excluding hydrogens is 359 g/mol. The van der Waals surface area contributed by atoms with Gasteiger partial charge in [0, 0.05) is 4.43 Å². The number of benzene rings is 2. The quantitative estimate of drug-likeness (QED) is 0.496. The van der Waals surface area contributed by atoms with Crippen molar-refractivity contribution < 1.29 is 4.74 Å². The van der Waals surface area contributed by atoms with Gasteiger partial charge in [0.05, 0.1) is 0 Å². The topological polar surface area (TPSA) is 9.23 Å². The van der Waals surface area contributed by atoms with Crippen LogP contribution in [0.3, 0.4) is 0 Å². The van der Waals surface area contributed by atoms with E-state index in [1.807, 2.05) is 18.2 Å².